The average molecular weight is 376 g/mol. The quantitative estimate of drug-likeness (QED) is 0.770. The molecule has 1 aromatic carbocycles. The minimum absolute atomic E-state index is 0.232. The molecule has 0 radical (unpaired) electrons. The third-order valence-electron chi connectivity index (χ3n) is 4.56. The number of benzene rings is 1. The highest BCUT2D eigenvalue weighted by Gasteiger charge is 2.46. The molecule has 7 nitrogen and oxygen atoms in total. The number of ether oxygens (including phenoxy) is 2. The fraction of sp³-hybridized carbons (Fsp3) is 0.550. The van der Waals surface area contributed by atoms with Crippen molar-refractivity contribution in [3.05, 3.63) is 35.4 Å². The molecule has 1 saturated carbocycles. The zero-order valence-electron chi connectivity index (χ0n) is 16.5. The second-order valence-corrected chi connectivity index (χ2v) is 7.87. The summed E-state index contributed by atoms with van der Waals surface area (Å²) in [6.07, 6.45) is 1.43. The van der Waals surface area contributed by atoms with Crippen molar-refractivity contribution >= 4 is 18.0 Å². The van der Waals surface area contributed by atoms with Gasteiger partial charge < -0.3 is 20.1 Å². The van der Waals surface area contributed by atoms with Gasteiger partial charge in [-0.3, -0.25) is 4.79 Å². The summed E-state index contributed by atoms with van der Waals surface area (Å²) in [6, 6.07) is 6.57. The third-order valence-corrected chi connectivity index (χ3v) is 4.56. The highest BCUT2D eigenvalue weighted by molar-refractivity contribution is 5.91. The monoisotopic (exact) mass is 376 g/mol. The molecule has 1 aliphatic rings. The van der Waals surface area contributed by atoms with E-state index >= 15 is 0 Å². The van der Waals surface area contributed by atoms with Crippen LogP contribution in [-0.4, -0.2) is 36.2 Å². The fourth-order valence-electron chi connectivity index (χ4n) is 2.88. The van der Waals surface area contributed by atoms with Gasteiger partial charge in [-0.25, -0.2) is 9.59 Å². The number of rotatable bonds is 5. The zero-order chi connectivity index (χ0) is 20.2. The topological polar surface area (TPSA) is 93.7 Å². The Labute approximate surface area is 159 Å². The second kappa shape index (κ2) is 7.98. The first-order valence-corrected chi connectivity index (χ1v) is 9.07. The summed E-state index contributed by atoms with van der Waals surface area (Å²) >= 11 is 0. The van der Waals surface area contributed by atoms with E-state index in [1.54, 1.807) is 45.0 Å². The van der Waals surface area contributed by atoms with Gasteiger partial charge in [0.15, 0.2) is 0 Å². The molecule has 1 fully saturated rings. The first-order valence-electron chi connectivity index (χ1n) is 9.07. The molecule has 7 heteroatoms. The van der Waals surface area contributed by atoms with Crippen molar-refractivity contribution in [2.24, 2.45) is 0 Å². The number of carbonyl (C=O) groups is 3. The molecule has 1 unspecified atom stereocenters. The molecular formula is C20H28N2O5. The molecule has 1 aliphatic carbocycles. The summed E-state index contributed by atoms with van der Waals surface area (Å²) in [7, 11) is 1.33. The van der Waals surface area contributed by atoms with E-state index in [-0.39, 0.29) is 11.9 Å². The summed E-state index contributed by atoms with van der Waals surface area (Å²) in [6.45, 7) is 7.19. The minimum Gasteiger partial charge on any atom is -0.465 e. The van der Waals surface area contributed by atoms with Gasteiger partial charge in [-0.1, -0.05) is 12.1 Å². The first-order chi connectivity index (χ1) is 12.6. The molecule has 0 spiro atoms. The predicted molar refractivity (Wildman–Crippen MR) is 100 cm³/mol. The van der Waals surface area contributed by atoms with Gasteiger partial charge in [0, 0.05) is 0 Å². The van der Waals surface area contributed by atoms with E-state index in [0.717, 1.165) is 12.0 Å². The molecule has 0 saturated heterocycles. The smallest absolute Gasteiger partial charge is 0.408 e. The Kier molecular flexibility index (Phi) is 6.13. The Hall–Kier alpha value is -2.57. The molecule has 0 aromatic heterocycles. The number of methoxy groups -OCH3 is 1. The fourth-order valence-corrected chi connectivity index (χ4v) is 2.88. The van der Waals surface area contributed by atoms with Crippen LogP contribution in [0.2, 0.25) is 0 Å². The molecule has 2 N–H and O–H groups in total. The van der Waals surface area contributed by atoms with Gasteiger partial charge in [0.25, 0.3) is 0 Å². The van der Waals surface area contributed by atoms with Crippen LogP contribution in [0.1, 0.15) is 68.9 Å². The summed E-state index contributed by atoms with van der Waals surface area (Å²) in [5.74, 6) is -0.641. The molecule has 27 heavy (non-hydrogen) atoms. The number of carbonyl (C=O) groups excluding carboxylic acids is 3. The summed E-state index contributed by atoms with van der Waals surface area (Å²) < 4.78 is 9.96. The lowest BCUT2D eigenvalue weighted by molar-refractivity contribution is -0.131. The van der Waals surface area contributed by atoms with Gasteiger partial charge >= 0.3 is 12.1 Å². The predicted octanol–water partition coefficient (Wildman–Crippen LogP) is 3.10. The Balaban J connectivity index is 2.01. The van der Waals surface area contributed by atoms with Gasteiger partial charge in [-0.05, 0) is 64.7 Å². The van der Waals surface area contributed by atoms with E-state index in [0.29, 0.717) is 18.4 Å². The Bertz CT molecular complexity index is 702. The third kappa shape index (κ3) is 5.21. The van der Waals surface area contributed by atoms with Crippen LogP contribution >= 0.6 is 0 Å². The van der Waals surface area contributed by atoms with Crippen LogP contribution in [0.15, 0.2) is 24.3 Å². The lowest BCUT2D eigenvalue weighted by Gasteiger charge is -2.41. The largest absolute Gasteiger partial charge is 0.465 e. The standard InChI is InChI=1S/C20H28N2O5/c1-13(14-7-9-15(10-8-14)16(23)26-5)21-17(24)20(11-6-12-20)22-18(25)27-19(2,3)4/h7-10,13H,6,11-12H2,1-5H3,(H,21,24)(H,22,25). The normalized spacial score (nSPS) is 16.5. The van der Waals surface area contributed by atoms with Crippen molar-refractivity contribution in [3.63, 3.8) is 0 Å². The highest BCUT2D eigenvalue weighted by atomic mass is 16.6. The Morgan fingerprint density at radius 1 is 1.11 bits per heavy atom. The maximum absolute atomic E-state index is 12.8. The van der Waals surface area contributed by atoms with Crippen molar-refractivity contribution in [2.45, 2.75) is 64.1 Å². The lowest BCUT2D eigenvalue weighted by atomic mass is 9.76. The summed E-state index contributed by atoms with van der Waals surface area (Å²) in [4.78, 5) is 36.4. The molecule has 1 atom stereocenters. The second-order valence-electron chi connectivity index (χ2n) is 7.87. The molecule has 2 amide bonds. The van der Waals surface area contributed by atoms with Gasteiger partial charge in [0.2, 0.25) is 5.91 Å². The number of alkyl carbamates (subject to hydrolysis) is 1. The van der Waals surface area contributed by atoms with Crippen LogP contribution in [0.3, 0.4) is 0 Å². The molecular weight excluding hydrogens is 348 g/mol. The van der Waals surface area contributed by atoms with Crippen molar-refractivity contribution in [2.75, 3.05) is 7.11 Å². The van der Waals surface area contributed by atoms with Gasteiger partial charge in [0.05, 0.1) is 18.7 Å². The lowest BCUT2D eigenvalue weighted by Crippen LogP contribution is -2.63. The molecule has 0 heterocycles. The van der Waals surface area contributed by atoms with Crippen LogP contribution in [0.5, 0.6) is 0 Å². The van der Waals surface area contributed by atoms with Gasteiger partial charge in [-0.15, -0.1) is 0 Å². The number of hydrogen-bond acceptors (Lipinski definition) is 5. The molecule has 0 bridgehead atoms. The number of hydrogen-bond donors (Lipinski definition) is 2. The summed E-state index contributed by atoms with van der Waals surface area (Å²) in [5.41, 5.74) is -0.257. The van der Waals surface area contributed by atoms with Crippen molar-refractivity contribution < 1.29 is 23.9 Å². The molecule has 0 aliphatic heterocycles. The highest BCUT2D eigenvalue weighted by Crippen LogP contribution is 2.33. The van der Waals surface area contributed by atoms with Crippen molar-refractivity contribution in [1.82, 2.24) is 10.6 Å². The van der Waals surface area contributed by atoms with Crippen LogP contribution in [0.25, 0.3) is 0 Å². The van der Waals surface area contributed by atoms with Crippen LogP contribution in [-0.2, 0) is 14.3 Å². The maximum atomic E-state index is 12.8. The van der Waals surface area contributed by atoms with E-state index in [1.807, 2.05) is 6.92 Å². The maximum Gasteiger partial charge on any atom is 0.408 e. The zero-order valence-corrected chi connectivity index (χ0v) is 16.5. The molecule has 2 rings (SSSR count). The molecule has 1 aromatic rings. The van der Waals surface area contributed by atoms with Crippen LogP contribution in [0, 0.1) is 0 Å². The summed E-state index contributed by atoms with van der Waals surface area (Å²) in [5, 5.41) is 5.68. The molecule has 148 valence electrons. The Morgan fingerprint density at radius 2 is 1.70 bits per heavy atom. The van der Waals surface area contributed by atoms with E-state index in [2.05, 4.69) is 15.4 Å². The average Bonchev–Trinajstić information content (AvgIpc) is 2.55. The van der Waals surface area contributed by atoms with E-state index in [1.165, 1.54) is 7.11 Å². The van der Waals surface area contributed by atoms with Crippen LogP contribution in [0.4, 0.5) is 4.79 Å². The number of nitrogens with one attached hydrogen (secondary N) is 2. The van der Waals surface area contributed by atoms with E-state index in [4.69, 9.17) is 4.74 Å². The van der Waals surface area contributed by atoms with E-state index in [9.17, 15) is 14.4 Å². The Morgan fingerprint density at radius 3 is 2.15 bits per heavy atom. The van der Waals surface area contributed by atoms with Crippen molar-refractivity contribution in [1.29, 1.82) is 0 Å². The SMILES string of the molecule is COC(=O)c1ccc(C(C)NC(=O)C2(NC(=O)OC(C)(C)C)CCC2)cc1. The first kappa shape index (κ1) is 20.7. The number of amides is 2. The van der Waals surface area contributed by atoms with E-state index < -0.39 is 23.2 Å². The van der Waals surface area contributed by atoms with Crippen molar-refractivity contribution in [3.8, 4) is 0 Å². The number of esters is 1. The van der Waals surface area contributed by atoms with Gasteiger partial charge in [0.1, 0.15) is 11.1 Å². The van der Waals surface area contributed by atoms with Crippen LogP contribution < -0.4 is 10.6 Å². The minimum atomic E-state index is -0.928. The van der Waals surface area contributed by atoms with Gasteiger partial charge in [-0.2, -0.15) is 0 Å².